The Labute approximate surface area is 71.4 Å². The molecule has 0 bridgehead atoms. The Morgan fingerprint density at radius 2 is 2.42 bits per heavy atom. The standard InChI is InChI=1S/C8H13N2O2/c1-8(11)12-6-5-10-4-3-9(2)7-10/h3-4,7H,5-6H2,1-2H3/q+1. The molecule has 0 N–H and O–H groups in total. The van der Waals surface area contributed by atoms with Crippen molar-refractivity contribution in [2.45, 2.75) is 13.5 Å². The Morgan fingerprint density at radius 1 is 1.67 bits per heavy atom. The summed E-state index contributed by atoms with van der Waals surface area (Å²) in [7, 11) is 1.95. The van der Waals surface area contributed by atoms with Crippen LogP contribution in [0.2, 0.25) is 0 Å². The zero-order valence-corrected chi connectivity index (χ0v) is 7.36. The van der Waals surface area contributed by atoms with Gasteiger partial charge in [0.05, 0.1) is 7.05 Å². The highest BCUT2D eigenvalue weighted by molar-refractivity contribution is 5.65. The molecule has 0 amide bonds. The lowest BCUT2D eigenvalue weighted by Gasteiger charge is -1.97. The van der Waals surface area contributed by atoms with Gasteiger partial charge >= 0.3 is 5.97 Å². The lowest BCUT2D eigenvalue weighted by atomic mass is 10.6. The molecule has 1 aromatic rings. The number of hydrogen-bond donors (Lipinski definition) is 0. The molecule has 0 atom stereocenters. The minimum Gasteiger partial charge on any atom is -0.462 e. The van der Waals surface area contributed by atoms with E-state index in [4.69, 9.17) is 4.74 Å². The van der Waals surface area contributed by atoms with Crippen molar-refractivity contribution in [1.29, 1.82) is 0 Å². The highest BCUT2D eigenvalue weighted by Gasteiger charge is 1.99. The number of aromatic nitrogens is 2. The summed E-state index contributed by atoms with van der Waals surface area (Å²) in [5.74, 6) is -0.230. The third kappa shape index (κ3) is 2.74. The number of nitrogens with zero attached hydrogens (tertiary/aromatic N) is 2. The number of carbonyl (C=O) groups excluding carboxylic acids is 1. The van der Waals surface area contributed by atoms with Gasteiger partial charge in [-0.25, -0.2) is 9.13 Å². The molecular formula is C8H13N2O2+. The zero-order chi connectivity index (χ0) is 8.97. The normalized spacial score (nSPS) is 9.83. The minimum atomic E-state index is -0.230. The van der Waals surface area contributed by atoms with Crippen molar-refractivity contribution in [3.8, 4) is 0 Å². The molecule has 12 heavy (non-hydrogen) atoms. The van der Waals surface area contributed by atoms with Gasteiger partial charge in [0, 0.05) is 6.92 Å². The molecule has 0 aliphatic heterocycles. The van der Waals surface area contributed by atoms with E-state index in [1.807, 2.05) is 34.9 Å². The highest BCUT2D eigenvalue weighted by atomic mass is 16.5. The maximum atomic E-state index is 10.4. The Morgan fingerprint density at radius 3 is 2.92 bits per heavy atom. The van der Waals surface area contributed by atoms with Crippen molar-refractivity contribution in [2.75, 3.05) is 6.61 Å². The fourth-order valence-corrected chi connectivity index (χ4v) is 0.929. The van der Waals surface area contributed by atoms with Gasteiger partial charge in [0.25, 0.3) is 0 Å². The van der Waals surface area contributed by atoms with Crippen LogP contribution >= 0.6 is 0 Å². The van der Waals surface area contributed by atoms with E-state index in [9.17, 15) is 4.79 Å². The molecule has 0 fully saturated rings. The number of imidazole rings is 1. The second kappa shape index (κ2) is 3.90. The molecule has 4 heteroatoms. The van der Waals surface area contributed by atoms with Gasteiger partial charge in [0.2, 0.25) is 6.33 Å². The van der Waals surface area contributed by atoms with Gasteiger partial charge < -0.3 is 4.74 Å². The van der Waals surface area contributed by atoms with Crippen LogP contribution in [0.3, 0.4) is 0 Å². The van der Waals surface area contributed by atoms with Crippen LogP contribution in [-0.4, -0.2) is 17.1 Å². The first-order valence-corrected chi connectivity index (χ1v) is 3.83. The number of aryl methyl sites for hydroxylation is 1. The quantitative estimate of drug-likeness (QED) is 0.467. The number of esters is 1. The average molecular weight is 169 g/mol. The van der Waals surface area contributed by atoms with Crippen molar-refractivity contribution in [3.05, 3.63) is 18.7 Å². The maximum Gasteiger partial charge on any atom is 0.302 e. The van der Waals surface area contributed by atoms with E-state index >= 15 is 0 Å². The molecule has 0 unspecified atom stereocenters. The Balaban J connectivity index is 2.29. The summed E-state index contributed by atoms with van der Waals surface area (Å²) >= 11 is 0. The van der Waals surface area contributed by atoms with Crippen molar-refractivity contribution >= 4 is 5.97 Å². The summed E-state index contributed by atoms with van der Waals surface area (Å²) in [4.78, 5) is 10.4. The molecule has 1 aromatic heterocycles. The Hall–Kier alpha value is -1.32. The third-order valence-electron chi connectivity index (χ3n) is 1.48. The molecule has 1 rings (SSSR count). The SMILES string of the molecule is CC(=O)OCCn1cc[n+](C)c1. The van der Waals surface area contributed by atoms with Crippen LogP contribution in [0.25, 0.3) is 0 Å². The Bertz CT molecular complexity index is 268. The van der Waals surface area contributed by atoms with E-state index in [0.29, 0.717) is 13.2 Å². The molecule has 0 aliphatic rings. The van der Waals surface area contributed by atoms with Crippen LogP contribution in [-0.2, 0) is 23.1 Å². The largest absolute Gasteiger partial charge is 0.462 e. The molecular weight excluding hydrogens is 156 g/mol. The summed E-state index contributed by atoms with van der Waals surface area (Å²) in [6.45, 7) is 2.56. The first-order chi connectivity index (χ1) is 5.68. The van der Waals surface area contributed by atoms with E-state index in [0.717, 1.165) is 0 Å². The molecule has 0 aliphatic carbocycles. The van der Waals surface area contributed by atoms with E-state index < -0.39 is 0 Å². The van der Waals surface area contributed by atoms with Crippen molar-refractivity contribution in [1.82, 2.24) is 4.57 Å². The number of carbonyl (C=O) groups is 1. The van der Waals surface area contributed by atoms with Gasteiger partial charge in [-0.3, -0.25) is 4.79 Å². The van der Waals surface area contributed by atoms with Crippen LogP contribution < -0.4 is 4.57 Å². The van der Waals surface area contributed by atoms with Crippen molar-refractivity contribution in [3.63, 3.8) is 0 Å². The summed E-state index contributed by atoms with van der Waals surface area (Å²) in [6.07, 6.45) is 5.81. The van der Waals surface area contributed by atoms with Gasteiger partial charge in [0.1, 0.15) is 25.5 Å². The first kappa shape index (κ1) is 8.77. The second-order valence-electron chi connectivity index (χ2n) is 2.66. The zero-order valence-electron chi connectivity index (χ0n) is 7.36. The van der Waals surface area contributed by atoms with Gasteiger partial charge in [0.15, 0.2) is 0 Å². The number of hydrogen-bond acceptors (Lipinski definition) is 2. The highest BCUT2D eigenvalue weighted by Crippen LogP contribution is 1.85. The fourth-order valence-electron chi connectivity index (χ4n) is 0.929. The van der Waals surface area contributed by atoms with E-state index in [2.05, 4.69) is 0 Å². The van der Waals surface area contributed by atoms with E-state index in [1.54, 1.807) is 0 Å². The molecule has 0 saturated heterocycles. The fraction of sp³-hybridized carbons (Fsp3) is 0.500. The topological polar surface area (TPSA) is 35.1 Å². The Kier molecular flexibility index (Phi) is 2.85. The van der Waals surface area contributed by atoms with Gasteiger partial charge in [-0.05, 0) is 0 Å². The van der Waals surface area contributed by atoms with Crippen LogP contribution in [0, 0.1) is 0 Å². The van der Waals surface area contributed by atoms with E-state index in [-0.39, 0.29) is 5.97 Å². The molecule has 0 saturated carbocycles. The maximum absolute atomic E-state index is 10.4. The second-order valence-corrected chi connectivity index (χ2v) is 2.66. The number of ether oxygens (including phenoxy) is 1. The summed E-state index contributed by atoms with van der Waals surface area (Å²) < 4.78 is 8.69. The molecule has 66 valence electrons. The lowest BCUT2D eigenvalue weighted by molar-refractivity contribution is -0.671. The van der Waals surface area contributed by atoms with Crippen LogP contribution in [0.5, 0.6) is 0 Å². The van der Waals surface area contributed by atoms with Crippen molar-refractivity contribution < 1.29 is 14.1 Å². The third-order valence-corrected chi connectivity index (χ3v) is 1.48. The van der Waals surface area contributed by atoms with Crippen LogP contribution in [0.1, 0.15) is 6.92 Å². The predicted octanol–water partition coefficient (Wildman–Crippen LogP) is -0.124. The first-order valence-electron chi connectivity index (χ1n) is 3.83. The van der Waals surface area contributed by atoms with Crippen molar-refractivity contribution in [2.24, 2.45) is 7.05 Å². The summed E-state index contributed by atoms with van der Waals surface area (Å²) in [5.41, 5.74) is 0. The molecule has 0 radical (unpaired) electrons. The van der Waals surface area contributed by atoms with Crippen LogP contribution in [0.4, 0.5) is 0 Å². The lowest BCUT2D eigenvalue weighted by Crippen LogP contribution is -2.24. The van der Waals surface area contributed by atoms with Gasteiger partial charge in [-0.1, -0.05) is 0 Å². The van der Waals surface area contributed by atoms with Gasteiger partial charge in [-0.2, -0.15) is 0 Å². The smallest absolute Gasteiger partial charge is 0.302 e. The number of rotatable bonds is 3. The van der Waals surface area contributed by atoms with E-state index in [1.165, 1.54) is 6.92 Å². The van der Waals surface area contributed by atoms with Crippen LogP contribution in [0.15, 0.2) is 18.7 Å². The summed E-state index contributed by atoms with van der Waals surface area (Å²) in [5, 5.41) is 0. The molecule has 1 heterocycles. The average Bonchev–Trinajstić information content (AvgIpc) is 2.35. The molecule has 0 aromatic carbocycles. The van der Waals surface area contributed by atoms with Gasteiger partial charge in [-0.15, -0.1) is 0 Å². The monoisotopic (exact) mass is 169 g/mol. The summed E-state index contributed by atoms with van der Waals surface area (Å²) in [6, 6.07) is 0. The predicted molar refractivity (Wildman–Crippen MR) is 42.2 cm³/mol. The minimum absolute atomic E-state index is 0.230. The molecule has 4 nitrogen and oxygen atoms in total. The molecule has 0 spiro atoms.